The molecule has 2 aromatic carbocycles. The summed E-state index contributed by atoms with van der Waals surface area (Å²) in [6.45, 7) is 4.06. The Morgan fingerprint density at radius 3 is 2.52 bits per heavy atom. The number of benzene rings is 2. The van der Waals surface area contributed by atoms with E-state index in [1.807, 2.05) is 36.4 Å². The Balaban J connectivity index is 1.59. The molecule has 0 radical (unpaired) electrons. The van der Waals surface area contributed by atoms with Gasteiger partial charge in [-0.1, -0.05) is 23.7 Å². The van der Waals surface area contributed by atoms with Crippen LogP contribution in [0.2, 0.25) is 5.02 Å². The summed E-state index contributed by atoms with van der Waals surface area (Å²) in [5.41, 5.74) is 1.21. The monoisotopic (exact) mass is 388 g/mol. The van der Waals surface area contributed by atoms with Gasteiger partial charge in [-0.25, -0.2) is 4.79 Å². The van der Waals surface area contributed by atoms with Crippen molar-refractivity contribution in [3.05, 3.63) is 59.1 Å². The molecule has 1 aliphatic heterocycles. The fourth-order valence-corrected chi connectivity index (χ4v) is 3.47. The molecule has 1 saturated heterocycles. The van der Waals surface area contributed by atoms with E-state index in [4.69, 9.17) is 16.3 Å². The van der Waals surface area contributed by atoms with Gasteiger partial charge >= 0.3 is 6.09 Å². The van der Waals surface area contributed by atoms with Gasteiger partial charge in [0.2, 0.25) is 0 Å². The van der Waals surface area contributed by atoms with Crippen LogP contribution in [-0.2, 0) is 4.74 Å². The highest BCUT2D eigenvalue weighted by atomic mass is 35.5. The Morgan fingerprint density at radius 2 is 1.85 bits per heavy atom. The summed E-state index contributed by atoms with van der Waals surface area (Å²) < 4.78 is 10.6. The quantitative estimate of drug-likeness (QED) is 0.781. The molecule has 0 bridgehead atoms. The number of nitrogens with zero attached hydrogens (tertiary/aromatic N) is 1. The first-order valence-corrected chi connectivity index (χ1v) is 9.55. The molecule has 0 aromatic heterocycles. The molecule has 1 atom stereocenters. The normalized spacial score (nSPS) is 16.6. The van der Waals surface area contributed by atoms with Gasteiger partial charge in [-0.15, -0.1) is 0 Å². The van der Waals surface area contributed by atoms with Crippen molar-refractivity contribution in [1.82, 2.24) is 10.2 Å². The van der Waals surface area contributed by atoms with Crippen LogP contribution in [-0.4, -0.2) is 37.2 Å². The molecule has 1 fully saturated rings. The third-order valence-corrected chi connectivity index (χ3v) is 5.23. The Morgan fingerprint density at radius 1 is 1.15 bits per heavy atom. The summed E-state index contributed by atoms with van der Waals surface area (Å²) >= 11 is 5.92. The first kappa shape index (κ1) is 19.5. The molecule has 1 N–H and O–H groups in total. The highest BCUT2D eigenvalue weighted by molar-refractivity contribution is 6.30. The lowest BCUT2D eigenvalue weighted by atomic mass is 10.00. The van der Waals surface area contributed by atoms with Gasteiger partial charge in [0.15, 0.2) is 0 Å². The smallest absolute Gasteiger partial charge is 0.407 e. The predicted octanol–water partition coefficient (Wildman–Crippen LogP) is 5.01. The average Bonchev–Trinajstić information content (AvgIpc) is 2.70. The Labute approximate surface area is 165 Å². The summed E-state index contributed by atoms with van der Waals surface area (Å²) in [6.07, 6.45) is 1.48. The van der Waals surface area contributed by atoms with E-state index in [1.165, 1.54) is 12.7 Å². The van der Waals surface area contributed by atoms with Crippen LogP contribution in [0.15, 0.2) is 48.5 Å². The van der Waals surface area contributed by atoms with Crippen LogP contribution in [0.5, 0.6) is 11.5 Å². The van der Waals surface area contributed by atoms with E-state index in [9.17, 15) is 4.79 Å². The van der Waals surface area contributed by atoms with Crippen molar-refractivity contribution in [2.75, 3.05) is 20.2 Å². The van der Waals surface area contributed by atoms with Crippen LogP contribution in [0.25, 0.3) is 0 Å². The molecule has 27 heavy (non-hydrogen) atoms. The minimum absolute atomic E-state index is 0.181. The van der Waals surface area contributed by atoms with E-state index >= 15 is 0 Å². The molecular weight excluding hydrogens is 364 g/mol. The van der Waals surface area contributed by atoms with Crippen molar-refractivity contribution in [3.8, 4) is 11.5 Å². The Hall–Kier alpha value is -2.24. The lowest BCUT2D eigenvalue weighted by Crippen LogP contribution is -2.45. The number of nitrogens with one attached hydrogen (secondary N) is 1. The summed E-state index contributed by atoms with van der Waals surface area (Å²) in [5, 5.41) is 3.58. The standard InChI is InChI=1S/C21H25ClN2O3/c1-15(24-12-10-18(11-13-24)23-21(25)26-2)16-4-3-5-20(14-16)27-19-8-6-17(22)7-9-19/h3-9,14-15,18H,10-13H2,1-2H3,(H,23,25). The van der Waals surface area contributed by atoms with E-state index in [-0.39, 0.29) is 18.2 Å². The van der Waals surface area contributed by atoms with E-state index in [2.05, 4.69) is 34.0 Å². The molecule has 1 unspecified atom stereocenters. The van der Waals surface area contributed by atoms with Crippen LogP contribution in [0.4, 0.5) is 4.79 Å². The molecule has 0 spiro atoms. The number of piperidine rings is 1. The van der Waals surface area contributed by atoms with Crippen LogP contribution in [0, 0.1) is 0 Å². The maximum absolute atomic E-state index is 11.4. The van der Waals surface area contributed by atoms with Crippen molar-refractivity contribution < 1.29 is 14.3 Å². The zero-order valence-corrected chi connectivity index (χ0v) is 16.4. The van der Waals surface area contributed by atoms with E-state index in [0.29, 0.717) is 5.02 Å². The largest absolute Gasteiger partial charge is 0.457 e. The molecular formula is C21H25ClN2O3. The zero-order chi connectivity index (χ0) is 19.2. The van der Waals surface area contributed by atoms with Crippen molar-refractivity contribution in [3.63, 3.8) is 0 Å². The number of ether oxygens (including phenoxy) is 2. The molecule has 5 nitrogen and oxygen atoms in total. The number of alkyl carbamates (subject to hydrolysis) is 1. The molecule has 3 rings (SSSR count). The summed E-state index contributed by atoms with van der Waals surface area (Å²) in [7, 11) is 1.39. The van der Waals surface area contributed by atoms with Gasteiger partial charge in [-0.05, 0) is 61.7 Å². The van der Waals surface area contributed by atoms with E-state index in [1.54, 1.807) is 0 Å². The van der Waals surface area contributed by atoms with E-state index in [0.717, 1.165) is 37.4 Å². The first-order chi connectivity index (χ1) is 13.0. The Bertz CT molecular complexity index is 758. The molecule has 2 aromatic rings. The molecule has 144 valence electrons. The molecule has 1 heterocycles. The highest BCUT2D eigenvalue weighted by Gasteiger charge is 2.24. The van der Waals surface area contributed by atoms with Crippen LogP contribution >= 0.6 is 11.6 Å². The third-order valence-electron chi connectivity index (χ3n) is 4.97. The Kier molecular flexibility index (Phi) is 6.58. The number of amides is 1. The zero-order valence-electron chi connectivity index (χ0n) is 15.7. The fraction of sp³-hybridized carbons (Fsp3) is 0.381. The van der Waals surface area contributed by atoms with Crippen LogP contribution in [0.3, 0.4) is 0 Å². The van der Waals surface area contributed by atoms with Crippen molar-refractivity contribution in [2.45, 2.75) is 31.8 Å². The lowest BCUT2D eigenvalue weighted by Gasteiger charge is -2.36. The summed E-state index contributed by atoms with van der Waals surface area (Å²) in [6, 6.07) is 16.0. The number of methoxy groups -OCH3 is 1. The van der Waals surface area contributed by atoms with Gasteiger partial charge in [-0.2, -0.15) is 0 Å². The van der Waals surface area contributed by atoms with Crippen molar-refractivity contribution in [1.29, 1.82) is 0 Å². The number of hydrogen-bond donors (Lipinski definition) is 1. The number of carbonyl (C=O) groups excluding carboxylic acids is 1. The second-order valence-corrected chi connectivity index (χ2v) is 7.19. The maximum atomic E-state index is 11.4. The minimum atomic E-state index is -0.353. The maximum Gasteiger partial charge on any atom is 0.407 e. The number of likely N-dealkylation sites (tertiary alicyclic amines) is 1. The first-order valence-electron chi connectivity index (χ1n) is 9.17. The van der Waals surface area contributed by atoms with Crippen LogP contribution in [0.1, 0.15) is 31.4 Å². The van der Waals surface area contributed by atoms with E-state index < -0.39 is 0 Å². The second kappa shape index (κ2) is 9.11. The SMILES string of the molecule is COC(=O)NC1CCN(C(C)c2cccc(Oc3ccc(Cl)cc3)c2)CC1. The van der Waals surface area contributed by atoms with Crippen molar-refractivity contribution >= 4 is 17.7 Å². The second-order valence-electron chi connectivity index (χ2n) is 6.75. The molecule has 1 amide bonds. The topological polar surface area (TPSA) is 50.8 Å². The van der Waals surface area contributed by atoms with Gasteiger partial charge in [-0.3, -0.25) is 4.90 Å². The number of hydrogen-bond acceptors (Lipinski definition) is 4. The number of carbonyl (C=O) groups is 1. The predicted molar refractivity (Wildman–Crippen MR) is 107 cm³/mol. The van der Waals surface area contributed by atoms with Gasteiger partial charge in [0.1, 0.15) is 11.5 Å². The van der Waals surface area contributed by atoms with Gasteiger partial charge in [0.25, 0.3) is 0 Å². The molecule has 0 saturated carbocycles. The highest BCUT2D eigenvalue weighted by Crippen LogP contribution is 2.29. The minimum Gasteiger partial charge on any atom is -0.457 e. The lowest BCUT2D eigenvalue weighted by molar-refractivity contribution is 0.135. The molecule has 6 heteroatoms. The molecule has 0 aliphatic carbocycles. The number of rotatable bonds is 5. The number of halogens is 1. The van der Waals surface area contributed by atoms with Crippen molar-refractivity contribution in [2.24, 2.45) is 0 Å². The van der Waals surface area contributed by atoms with Gasteiger partial charge < -0.3 is 14.8 Å². The third kappa shape index (κ3) is 5.37. The van der Waals surface area contributed by atoms with Gasteiger partial charge in [0, 0.05) is 30.2 Å². The van der Waals surface area contributed by atoms with Crippen LogP contribution < -0.4 is 10.1 Å². The average molecular weight is 389 g/mol. The molecule has 1 aliphatic rings. The summed E-state index contributed by atoms with van der Waals surface area (Å²) in [4.78, 5) is 13.8. The van der Waals surface area contributed by atoms with Gasteiger partial charge in [0.05, 0.1) is 7.11 Å². The fourth-order valence-electron chi connectivity index (χ4n) is 3.34. The summed E-state index contributed by atoms with van der Waals surface area (Å²) in [5.74, 6) is 1.57.